The normalized spacial score (nSPS) is 14.8. The van der Waals surface area contributed by atoms with E-state index in [1.165, 1.54) is 38.5 Å². The quantitative estimate of drug-likeness (QED) is 0.457. The molecule has 1 saturated carbocycles. The average Bonchev–Trinajstić information content (AvgIpc) is 2.86. The summed E-state index contributed by atoms with van der Waals surface area (Å²) in [6, 6.07) is 14.7. The fourth-order valence-electron chi connectivity index (χ4n) is 4.73. The molecule has 184 valence electrons. The topological polar surface area (TPSA) is 72.5 Å². The van der Waals surface area contributed by atoms with Crippen LogP contribution in [-0.2, 0) is 11.3 Å². The molecular weight excluding hydrogens is 451 g/mol. The summed E-state index contributed by atoms with van der Waals surface area (Å²) in [5, 5.41) is 14.2. The third-order valence-corrected chi connectivity index (χ3v) is 7.35. The number of nitrogens with one attached hydrogen (secondary N) is 1. The Hall–Kier alpha value is -1.71. The van der Waals surface area contributed by atoms with Crippen LogP contribution in [-0.4, -0.2) is 48.4 Å². The molecule has 0 radical (unpaired) electrons. The van der Waals surface area contributed by atoms with Crippen LogP contribution >= 0.6 is 11.8 Å². The Morgan fingerprint density at radius 1 is 1.11 bits per heavy atom. The van der Waals surface area contributed by atoms with E-state index < -0.39 is 12.0 Å². The third kappa shape index (κ3) is 9.35. The summed E-state index contributed by atoms with van der Waals surface area (Å²) in [6.07, 6.45) is 10.3. The number of carbonyl (C=O) groups excluding carboxylic acids is 2. The summed E-state index contributed by atoms with van der Waals surface area (Å²) in [7, 11) is 2.15. The number of nitrogens with zero attached hydrogens (tertiary/aromatic N) is 1. The Bertz CT molecular complexity index is 935. The van der Waals surface area contributed by atoms with Crippen molar-refractivity contribution in [1.82, 2.24) is 10.2 Å². The van der Waals surface area contributed by atoms with Gasteiger partial charge in [0.2, 0.25) is 0 Å². The van der Waals surface area contributed by atoms with Crippen molar-refractivity contribution >= 4 is 23.6 Å². The molecule has 35 heavy (non-hydrogen) atoms. The van der Waals surface area contributed by atoms with Crippen LogP contribution in [0, 0.1) is 5.92 Å². The number of carboxylic acid groups (broad SMARTS) is 1. The Morgan fingerprint density at radius 2 is 1.83 bits per heavy atom. The number of aliphatic carboxylic acids is 1. The number of thioether (sulfide) groups is 1. The molecular formula is C28H37LiN2O3S. The summed E-state index contributed by atoms with van der Waals surface area (Å²) >= 11 is 1.54. The van der Waals surface area contributed by atoms with Crippen molar-refractivity contribution in [3.8, 4) is 11.1 Å². The van der Waals surface area contributed by atoms with Gasteiger partial charge in [0.25, 0.3) is 5.91 Å². The van der Waals surface area contributed by atoms with Crippen LogP contribution in [0.25, 0.3) is 11.1 Å². The number of benzene rings is 2. The molecule has 1 amide bonds. The SMILES string of the molecule is CSCCC(NC(=O)c1ccc(CN(C)CCC2CCCCC2)cc1-c1ccccc1)C(=O)[O-].[Li+]. The average molecular weight is 489 g/mol. The van der Waals surface area contributed by atoms with Crippen molar-refractivity contribution in [3.63, 3.8) is 0 Å². The molecule has 0 spiro atoms. The molecule has 1 atom stereocenters. The van der Waals surface area contributed by atoms with Crippen LogP contribution in [0.2, 0.25) is 0 Å². The van der Waals surface area contributed by atoms with Crippen LogP contribution in [0.5, 0.6) is 0 Å². The van der Waals surface area contributed by atoms with Crippen molar-refractivity contribution < 1.29 is 33.6 Å². The summed E-state index contributed by atoms with van der Waals surface area (Å²) in [5.41, 5.74) is 3.38. The van der Waals surface area contributed by atoms with E-state index in [0.717, 1.165) is 35.7 Å². The van der Waals surface area contributed by atoms with E-state index in [9.17, 15) is 14.7 Å². The molecule has 3 rings (SSSR count). The summed E-state index contributed by atoms with van der Waals surface area (Å²) in [5.74, 6) is -0.146. The molecule has 5 nitrogen and oxygen atoms in total. The third-order valence-electron chi connectivity index (χ3n) is 6.71. The molecule has 0 heterocycles. The Labute approximate surface area is 226 Å². The van der Waals surface area contributed by atoms with Gasteiger partial charge in [-0.25, -0.2) is 0 Å². The van der Waals surface area contributed by atoms with Gasteiger partial charge < -0.3 is 20.1 Å². The molecule has 0 aromatic heterocycles. The number of amides is 1. The van der Waals surface area contributed by atoms with E-state index in [0.29, 0.717) is 17.7 Å². The predicted molar refractivity (Wildman–Crippen MR) is 139 cm³/mol. The fraction of sp³-hybridized carbons (Fsp3) is 0.500. The van der Waals surface area contributed by atoms with Crippen molar-refractivity contribution in [2.75, 3.05) is 25.6 Å². The number of hydrogen-bond acceptors (Lipinski definition) is 5. The molecule has 1 aliphatic carbocycles. The first-order valence-corrected chi connectivity index (χ1v) is 13.7. The zero-order valence-electron chi connectivity index (χ0n) is 21.4. The van der Waals surface area contributed by atoms with Gasteiger partial charge in [-0.05, 0) is 73.2 Å². The van der Waals surface area contributed by atoms with Gasteiger partial charge in [-0.3, -0.25) is 4.79 Å². The maximum absolute atomic E-state index is 13.1. The van der Waals surface area contributed by atoms with E-state index in [2.05, 4.69) is 23.3 Å². The Balaban J connectivity index is 0.00000432. The van der Waals surface area contributed by atoms with Gasteiger partial charge in [0.15, 0.2) is 0 Å². The Morgan fingerprint density at radius 3 is 2.49 bits per heavy atom. The van der Waals surface area contributed by atoms with Gasteiger partial charge in [-0.15, -0.1) is 0 Å². The van der Waals surface area contributed by atoms with Crippen molar-refractivity contribution in [1.29, 1.82) is 0 Å². The van der Waals surface area contributed by atoms with Gasteiger partial charge >= 0.3 is 18.9 Å². The Kier molecular flexibility index (Phi) is 13.0. The molecule has 1 unspecified atom stereocenters. The van der Waals surface area contributed by atoms with Crippen molar-refractivity contribution in [2.24, 2.45) is 5.92 Å². The number of rotatable bonds is 12. The van der Waals surface area contributed by atoms with Crippen molar-refractivity contribution in [3.05, 3.63) is 59.7 Å². The van der Waals surface area contributed by atoms with E-state index in [1.807, 2.05) is 48.7 Å². The molecule has 1 aliphatic rings. The van der Waals surface area contributed by atoms with Gasteiger partial charge in [0.05, 0.1) is 12.0 Å². The second-order valence-corrected chi connectivity index (χ2v) is 10.4. The summed E-state index contributed by atoms with van der Waals surface area (Å²) in [4.78, 5) is 27.0. The minimum Gasteiger partial charge on any atom is -0.548 e. The summed E-state index contributed by atoms with van der Waals surface area (Å²) in [6.45, 7) is 1.88. The molecule has 0 saturated heterocycles. The van der Waals surface area contributed by atoms with Gasteiger partial charge in [0.1, 0.15) is 0 Å². The molecule has 0 aliphatic heterocycles. The second kappa shape index (κ2) is 15.4. The molecule has 1 N–H and O–H groups in total. The van der Waals surface area contributed by atoms with Gasteiger partial charge in [0, 0.05) is 12.1 Å². The predicted octanol–water partition coefficient (Wildman–Crippen LogP) is 1.36. The summed E-state index contributed by atoms with van der Waals surface area (Å²) < 4.78 is 0. The zero-order valence-corrected chi connectivity index (χ0v) is 22.2. The first-order valence-electron chi connectivity index (χ1n) is 12.4. The molecule has 0 bridgehead atoms. The molecule has 1 fully saturated rings. The molecule has 2 aromatic carbocycles. The van der Waals surface area contributed by atoms with Crippen LogP contribution < -0.4 is 29.3 Å². The van der Waals surface area contributed by atoms with Gasteiger partial charge in [-0.1, -0.05) is 68.5 Å². The maximum atomic E-state index is 13.1. The molecule has 7 heteroatoms. The monoisotopic (exact) mass is 488 g/mol. The van der Waals surface area contributed by atoms with Crippen LogP contribution in [0.3, 0.4) is 0 Å². The largest absolute Gasteiger partial charge is 1.00 e. The first-order chi connectivity index (χ1) is 16.5. The van der Waals surface area contributed by atoms with E-state index >= 15 is 0 Å². The minimum absolute atomic E-state index is 0. The number of carboxylic acids is 1. The van der Waals surface area contributed by atoms with Crippen LogP contribution in [0.1, 0.15) is 60.9 Å². The fourth-order valence-corrected chi connectivity index (χ4v) is 5.21. The van der Waals surface area contributed by atoms with E-state index in [4.69, 9.17) is 0 Å². The number of hydrogen-bond donors (Lipinski definition) is 1. The standard InChI is InChI=1S/C28H38N2O3S.Li/c1-30(17-15-21-9-5-3-6-10-21)20-22-13-14-24(25(19-22)23-11-7-4-8-12-23)27(31)29-26(28(32)33)16-18-34-2;/h4,7-8,11-14,19,21,26H,3,5-6,9-10,15-18,20H2,1-2H3,(H,29,31)(H,32,33);/q;+1/p-1. The van der Waals surface area contributed by atoms with Crippen LogP contribution in [0.15, 0.2) is 48.5 Å². The van der Waals surface area contributed by atoms with Crippen molar-refractivity contribution in [2.45, 2.75) is 57.5 Å². The van der Waals surface area contributed by atoms with E-state index in [-0.39, 0.29) is 24.8 Å². The van der Waals surface area contributed by atoms with Gasteiger partial charge in [-0.2, -0.15) is 11.8 Å². The molecule has 2 aromatic rings. The second-order valence-electron chi connectivity index (χ2n) is 9.40. The first kappa shape index (κ1) is 29.5. The maximum Gasteiger partial charge on any atom is 1.00 e. The smallest absolute Gasteiger partial charge is 0.548 e. The van der Waals surface area contributed by atoms with Crippen LogP contribution in [0.4, 0.5) is 0 Å². The zero-order chi connectivity index (χ0) is 24.3. The number of carbonyl (C=O) groups is 2. The minimum atomic E-state index is -1.25. The van der Waals surface area contributed by atoms with E-state index in [1.54, 1.807) is 11.8 Å².